The molecule has 27 heavy (non-hydrogen) atoms. The number of esters is 1. The van der Waals surface area contributed by atoms with Gasteiger partial charge in [-0.15, -0.1) is 10.2 Å². The number of halogens is 1. The van der Waals surface area contributed by atoms with Crippen molar-refractivity contribution in [3.63, 3.8) is 0 Å². The average molecular weight is 410 g/mol. The number of nitrogens with zero attached hydrogens (tertiary/aromatic N) is 4. The van der Waals surface area contributed by atoms with Crippen molar-refractivity contribution in [3.05, 3.63) is 34.3 Å². The zero-order valence-electron chi connectivity index (χ0n) is 14.9. The summed E-state index contributed by atoms with van der Waals surface area (Å²) >= 11 is 7.25. The highest BCUT2D eigenvalue weighted by Crippen LogP contribution is 2.20. The first-order valence-corrected chi connectivity index (χ1v) is 9.76. The second-order valence-electron chi connectivity index (χ2n) is 5.62. The van der Waals surface area contributed by atoms with Crippen LogP contribution in [0.3, 0.4) is 0 Å². The standard InChI is InChI=1S/C17H20ClN5O3S/c1-2-25-15(24)7-9-23-10-8-19-16(23)20-17-22-21-14(27-17)11-26-13-5-3-12(18)4-6-13/h3-6H,2,7-11H2,1H3,(H,19,20,22). The Bertz CT molecular complexity index is 796. The highest BCUT2D eigenvalue weighted by atomic mass is 35.5. The molecule has 144 valence electrons. The van der Waals surface area contributed by atoms with Crippen LogP contribution in [0.1, 0.15) is 18.4 Å². The molecular formula is C17H20ClN5O3S. The van der Waals surface area contributed by atoms with E-state index in [9.17, 15) is 4.79 Å². The third-order valence-electron chi connectivity index (χ3n) is 3.68. The SMILES string of the molecule is CCOC(=O)CCN1CCN=C1Nc1nnc(COc2ccc(Cl)cc2)s1. The van der Waals surface area contributed by atoms with Crippen LogP contribution < -0.4 is 10.1 Å². The Balaban J connectivity index is 1.49. The van der Waals surface area contributed by atoms with Crippen LogP contribution in [0.15, 0.2) is 29.3 Å². The first kappa shape index (κ1) is 19.4. The number of rotatable bonds is 8. The molecule has 0 bridgehead atoms. The van der Waals surface area contributed by atoms with Crippen LogP contribution in [-0.4, -0.2) is 53.3 Å². The molecule has 0 fully saturated rings. The summed E-state index contributed by atoms with van der Waals surface area (Å²) in [7, 11) is 0. The predicted molar refractivity (Wildman–Crippen MR) is 104 cm³/mol. The van der Waals surface area contributed by atoms with Crippen LogP contribution in [-0.2, 0) is 16.1 Å². The van der Waals surface area contributed by atoms with Crippen LogP contribution in [0, 0.1) is 0 Å². The minimum Gasteiger partial charge on any atom is -0.486 e. The Morgan fingerprint density at radius 1 is 1.33 bits per heavy atom. The molecule has 0 radical (unpaired) electrons. The number of ether oxygens (including phenoxy) is 2. The number of nitrogens with one attached hydrogen (secondary N) is 1. The van der Waals surface area contributed by atoms with Gasteiger partial charge in [-0.1, -0.05) is 22.9 Å². The fourth-order valence-corrected chi connectivity index (χ4v) is 3.18. The molecule has 1 N–H and O–H groups in total. The van der Waals surface area contributed by atoms with Gasteiger partial charge in [0.2, 0.25) is 5.13 Å². The molecule has 0 amide bonds. The average Bonchev–Trinajstić information content (AvgIpc) is 3.29. The fraction of sp³-hybridized carbons (Fsp3) is 0.412. The largest absolute Gasteiger partial charge is 0.486 e. The monoisotopic (exact) mass is 409 g/mol. The number of benzene rings is 1. The second kappa shape index (κ2) is 9.52. The number of hydrogen-bond acceptors (Lipinski definition) is 9. The van der Waals surface area contributed by atoms with E-state index in [1.807, 2.05) is 4.90 Å². The zero-order chi connectivity index (χ0) is 19.1. The van der Waals surface area contributed by atoms with E-state index in [1.165, 1.54) is 11.3 Å². The Labute approximate surface area is 166 Å². The van der Waals surface area contributed by atoms with Crippen molar-refractivity contribution < 1.29 is 14.3 Å². The normalized spacial score (nSPS) is 13.4. The van der Waals surface area contributed by atoms with Crippen molar-refractivity contribution in [1.82, 2.24) is 15.1 Å². The van der Waals surface area contributed by atoms with Crippen LogP contribution >= 0.6 is 22.9 Å². The summed E-state index contributed by atoms with van der Waals surface area (Å²) in [5.74, 6) is 1.20. The van der Waals surface area contributed by atoms with Gasteiger partial charge in [-0.05, 0) is 31.2 Å². The Morgan fingerprint density at radius 2 is 2.15 bits per heavy atom. The van der Waals surface area contributed by atoms with Crippen molar-refractivity contribution in [2.24, 2.45) is 4.99 Å². The van der Waals surface area contributed by atoms with Gasteiger partial charge in [-0.3, -0.25) is 9.79 Å². The van der Waals surface area contributed by atoms with Crippen molar-refractivity contribution in [3.8, 4) is 5.75 Å². The molecule has 1 aromatic carbocycles. The summed E-state index contributed by atoms with van der Waals surface area (Å²) in [5.41, 5.74) is 0. The third kappa shape index (κ3) is 5.80. The molecule has 1 aliphatic heterocycles. The lowest BCUT2D eigenvalue weighted by molar-refractivity contribution is -0.143. The molecule has 0 atom stereocenters. The van der Waals surface area contributed by atoms with Crippen LogP contribution in [0.25, 0.3) is 0 Å². The van der Waals surface area contributed by atoms with Gasteiger partial charge in [-0.25, -0.2) is 0 Å². The molecule has 0 spiro atoms. The summed E-state index contributed by atoms with van der Waals surface area (Å²) in [6.45, 7) is 4.50. The molecule has 8 nitrogen and oxygen atoms in total. The highest BCUT2D eigenvalue weighted by Gasteiger charge is 2.19. The first-order valence-electron chi connectivity index (χ1n) is 8.57. The zero-order valence-corrected chi connectivity index (χ0v) is 16.4. The van der Waals surface area contributed by atoms with E-state index in [0.717, 1.165) is 17.3 Å². The third-order valence-corrected chi connectivity index (χ3v) is 4.75. The number of hydrogen-bond donors (Lipinski definition) is 1. The summed E-state index contributed by atoms with van der Waals surface area (Å²) < 4.78 is 10.6. The van der Waals surface area contributed by atoms with E-state index in [-0.39, 0.29) is 5.97 Å². The summed E-state index contributed by atoms with van der Waals surface area (Å²) in [6, 6.07) is 7.15. The molecule has 0 aliphatic carbocycles. The molecule has 1 aliphatic rings. The van der Waals surface area contributed by atoms with Crippen molar-refractivity contribution in [2.75, 3.05) is 31.6 Å². The molecule has 10 heteroatoms. The smallest absolute Gasteiger partial charge is 0.307 e. The Kier molecular flexibility index (Phi) is 6.83. The Hall–Kier alpha value is -2.39. The number of aromatic nitrogens is 2. The van der Waals surface area contributed by atoms with Gasteiger partial charge in [0.1, 0.15) is 12.4 Å². The minimum absolute atomic E-state index is 0.207. The van der Waals surface area contributed by atoms with E-state index >= 15 is 0 Å². The quantitative estimate of drug-likeness (QED) is 0.670. The van der Waals surface area contributed by atoms with Crippen molar-refractivity contribution in [2.45, 2.75) is 20.0 Å². The maximum absolute atomic E-state index is 11.5. The maximum Gasteiger partial charge on any atom is 0.307 e. The molecule has 2 aromatic rings. The number of carbonyl (C=O) groups excluding carboxylic acids is 1. The number of anilines is 1. The van der Waals surface area contributed by atoms with E-state index in [4.69, 9.17) is 21.1 Å². The number of aliphatic imine (C=N–C) groups is 1. The van der Waals surface area contributed by atoms with Gasteiger partial charge in [-0.2, -0.15) is 0 Å². The second-order valence-corrected chi connectivity index (χ2v) is 7.11. The van der Waals surface area contributed by atoms with Crippen LogP contribution in [0.2, 0.25) is 5.02 Å². The molecule has 0 saturated heterocycles. The van der Waals surface area contributed by atoms with E-state index in [0.29, 0.717) is 48.8 Å². The Morgan fingerprint density at radius 3 is 2.93 bits per heavy atom. The number of carbonyl (C=O) groups is 1. The molecule has 0 saturated carbocycles. The number of guanidine groups is 1. The van der Waals surface area contributed by atoms with Crippen LogP contribution in [0.5, 0.6) is 5.75 Å². The van der Waals surface area contributed by atoms with Crippen molar-refractivity contribution in [1.29, 1.82) is 0 Å². The molecule has 1 aromatic heterocycles. The first-order chi connectivity index (χ1) is 13.1. The van der Waals surface area contributed by atoms with E-state index in [2.05, 4.69) is 20.5 Å². The van der Waals surface area contributed by atoms with Gasteiger partial charge in [0.15, 0.2) is 11.0 Å². The summed E-state index contributed by atoms with van der Waals surface area (Å²) in [5, 5.41) is 13.4. The summed E-state index contributed by atoms with van der Waals surface area (Å²) in [4.78, 5) is 17.9. The minimum atomic E-state index is -0.207. The molecule has 3 rings (SSSR count). The predicted octanol–water partition coefficient (Wildman–Crippen LogP) is 2.81. The maximum atomic E-state index is 11.5. The van der Waals surface area contributed by atoms with Crippen molar-refractivity contribution >= 4 is 40.0 Å². The van der Waals surface area contributed by atoms with Crippen LogP contribution in [0.4, 0.5) is 5.13 Å². The van der Waals surface area contributed by atoms with E-state index in [1.54, 1.807) is 31.2 Å². The lowest BCUT2D eigenvalue weighted by atomic mass is 10.3. The lowest BCUT2D eigenvalue weighted by Gasteiger charge is -2.19. The topological polar surface area (TPSA) is 88.9 Å². The van der Waals surface area contributed by atoms with Gasteiger partial charge in [0.05, 0.1) is 19.6 Å². The van der Waals surface area contributed by atoms with Gasteiger partial charge in [0, 0.05) is 18.1 Å². The van der Waals surface area contributed by atoms with E-state index < -0.39 is 0 Å². The van der Waals surface area contributed by atoms with Gasteiger partial charge >= 0.3 is 5.97 Å². The molecule has 0 unspecified atom stereocenters. The molecular weight excluding hydrogens is 390 g/mol. The lowest BCUT2D eigenvalue weighted by Crippen LogP contribution is -2.35. The van der Waals surface area contributed by atoms with Gasteiger partial charge < -0.3 is 19.7 Å². The van der Waals surface area contributed by atoms with Gasteiger partial charge in [0.25, 0.3) is 0 Å². The summed E-state index contributed by atoms with van der Waals surface area (Å²) in [6.07, 6.45) is 0.324. The fourth-order valence-electron chi connectivity index (χ4n) is 2.41. The highest BCUT2D eigenvalue weighted by molar-refractivity contribution is 7.15. The molecule has 2 heterocycles.